The van der Waals surface area contributed by atoms with Crippen molar-refractivity contribution >= 4 is 5.91 Å². The molecule has 1 atom stereocenters. The zero-order valence-electron chi connectivity index (χ0n) is 16.6. The molecule has 1 unspecified atom stereocenters. The molecular weight excluding hydrogens is 364 g/mol. The molecule has 0 aliphatic carbocycles. The predicted octanol–water partition coefficient (Wildman–Crippen LogP) is 2.84. The Labute approximate surface area is 163 Å². The maximum absolute atomic E-state index is 14.0. The van der Waals surface area contributed by atoms with Gasteiger partial charge in [0, 0.05) is 50.7 Å². The van der Waals surface area contributed by atoms with E-state index < -0.39 is 11.6 Å². The van der Waals surface area contributed by atoms with Gasteiger partial charge in [0.15, 0.2) is 5.82 Å². The number of benzene rings is 1. The molecule has 152 valence electrons. The minimum absolute atomic E-state index is 0.0157. The van der Waals surface area contributed by atoms with Crippen molar-refractivity contribution in [1.82, 2.24) is 25.0 Å². The Hall–Kier alpha value is -2.35. The summed E-state index contributed by atoms with van der Waals surface area (Å²) in [6.45, 7) is 8.39. The number of hydrogen-bond acceptors (Lipinski definition) is 4. The molecule has 6 nitrogen and oxygen atoms in total. The average Bonchev–Trinajstić information content (AvgIpc) is 2.95. The summed E-state index contributed by atoms with van der Waals surface area (Å²) in [5, 5.41) is 11.7. The van der Waals surface area contributed by atoms with Gasteiger partial charge in [-0.25, -0.2) is 8.78 Å². The summed E-state index contributed by atoms with van der Waals surface area (Å²) in [6.07, 6.45) is 1.10. The van der Waals surface area contributed by atoms with Gasteiger partial charge in [-0.3, -0.25) is 9.69 Å². The van der Waals surface area contributed by atoms with Crippen molar-refractivity contribution in [3.63, 3.8) is 0 Å². The third kappa shape index (κ3) is 4.55. The summed E-state index contributed by atoms with van der Waals surface area (Å²) in [5.74, 6) is 0.706. The molecule has 2 aromatic rings. The van der Waals surface area contributed by atoms with E-state index in [2.05, 4.69) is 25.0 Å². The summed E-state index contributed by atoms with van der Waals surface area (Å²) in [6, 6.07) is 3.50. The van der Waals surface area contributed by atoms with Gasteiger partial charge in [0.05, 0.1) is 6.04 Å². The number of nitrogens with one attached hydrogen (secondary N) is 1. The Morgan fingerprint density at radius 1 is 1.21 bits per heavy atom. The number of halogens is 2. The molecule has 0 saturated heterocycles. The molecule has 1 amide bonds. The number of amides is 1. The third-order valence-corrected chi connectivity index (χ3v) is 5.14. The SMILES string of the molecule is CCC(=O)NC(c1nnc2n1CCN(Cc1ccc(F)cc1F)CC2)C(C)C. The van der Waals surface area contributed by atoms with Crippen molar-refractivity contribution in [2.75, 3.05) is 13.1 Å². The van der Waals surface area contributed by atoms with E-state index in [4.69, 9.17) is 0 Å². The van der Waals surface area contributed by atoms with E-state index in [1.807, 2.05) is 20.8 Å². The number of fused-ring (bicyclic) bond motifs is 1. The minimum atomic E-state index is -0.568. The van der Waals surface area contributed by atoms with E-state index >= 15 is 0 Å². The van der Waals surface area contributed by atoms with Gasteiger partial charge in [-0.2, -0.15) is 0 Å². The molecule has 3 rings (SSSR count). The predicted molar refractivity (Wildman–Crippen MR) is 101 cm³/mol. The number of rotatable bonds is 6. The van der Waals surface area contributed by atoms with Gasteiger partial charge in [-0.15, -0.1) is 10.2 Å². The third-order valence-electron chi connectivity index (χ3n) is 5.14. The van der Waals surface area contributed by atoms with Gasteiger partial charge in [0.2, 0.25) is 5.91 Å². The van der Waals surface area contributed by atoms with Gasteiger partial charge in [-0.05, 0) is 12.0 Å². The van der Waals surface area contributed by atoms with Crippen LogP contribution in [-0.2, 0) is 24.3 Å². The van der Waals surface area contributed by atoms with E-state index in [1.165, 1.54) is 12.1 Å². The summed E-state index contributed by atoms with van der Waals surface area (Å²) in [7, 11) is 0. The molecular formula is C20H27F2N5O. The monoisotopic (exact) mass is 391 g/mol. The second kappa shape index (κ2) is 8.77. The smallest absolute Gasteiger partial charge is 0.220 e. The Balaban J connectivity index is 1.74. The largest absolute Gasteiger partial charge is 0.346 e. The van der Waals surface area contributed by atoms with Crippen LogP contribution in [0, 0.1) is 17.6 Å². The second-order valence-corrected chi connectivity index (χ2v) is 7.53. The first kappa shape index (κ1) is 20.4. The van der Waals surface area contributed by atoms with Crippen LogP contribution in [0.4, 0.5) is 8.78 Å². The number of carbonyl (C=O) groups is 1. The van der Waals surface area contributed by atoms with Crippen LogP contribution >= 0.6 is 0 Å². The Bertz CT molecular complexity index is 836. The molecule has 0 saturated carbocycles. The van der Waals surface area contributed by atoms with Crippen LogP contribution in [0.25, 0.3) is 0 Å². The van der Waals surface area contributed by atoms with Crippen molar-refractivity contribution in [3.8, 4) is 0 Å². The molecule has 2 heterocycles. The normalized spacial score (nSPS) is 15.9. The molecule has 28 heavy (non-hydrogen) atoms. The highest BCUT2D eigenvalue weighted by Crippen LogP contribution is 2.23. The highest BCUT2D eigenvalue weighted by atomic mass is 19.1. The maximum Gasteiger partial charge on any atom is 0.220 e. The number of hydrogen-bond donors (Lipinski definition) is 1. The molecule has 1 aromatic carbocycles. The molecule has 1 aromatic heterocycles. The molecule has 0 bridgehead atoms. The number of aromatic nitrogens is 3. The molecule has 0 spiro atoms. The quantitative estimate of drug-likeness (QED) is 0.823. The van der Waals surface area contributed by atoms with E-state index in [-0.39, 0.29) is 17.9 Å². The standard InChI is InChI=1S/C20H27F2N5O/c1-4-18(28)23-19(13(2)3)20-25-24-17-7-8-26(9-10-27(17)20)12-14-5-6-15(21)11-16(14)22/h5-6,11,13,19H,4,7-10,12H2,1-3H3,(H,23,28). The van der Waals surface area contributed by atoms with Gasteiger partial charge in [-0.1, -0.05) is 26.8 Å². The minimum Gasteiger partial charge on any atom is -0.346 e. The Morgan fingerprint density at radius 3 is 2.68 bits per heavy atom. The summed E-state index contributed by atoms with van der Waals surface area (Å²) in [4.78, 5) is 14.1. The van der Waals surface area contributed by atoms with Crippen LogP contribution in [0.15, 0.2) is 18.2 Å². The first-order valence-electron chi connectivity index (χ1n) is 9.76. The van der Waals surface area contributed by atoms with Crippen LogP contribution in [0.2, 0.25) is 0 Å². The summed E-state index contributed by atoms with van der Waals surface area (Å²) in [5.41, 5.74) is 0.481. The topological polar surface area (TPSA) is 63.1 Å². The molecule has 1 N–H and O–H groups in total. The molecule has 1 aliphatic rings. The van der Waals surface area contributed by atoms with Crippen molar-refractivity contribution in [3.05, 3.63) is 47.0 Å². The zero-order chi connectivity index (χ0) is 20.3. The summed E-state index contributed by atoms with van der Waals surface area (Å²) < 4.78 is 29.2. The van der Waals surface area contributed by atoms with Gasteiger partial charge in [0.25, 0.3) is 0 Å². The van der Waals surface area contributed by atoms with Crippen molar-refractivity contribution in [2.24, 2.45) is 5.92 Å². The Morgan fingerprint density at radius 2 is 2.00 bits per heavy atom. The fourth-order valence-corrected chi connectivity index (χ4v) is 3.47. The van der Waals surface area contributed by atoms with Gasteiger partial charge < -0.3 is 9.88 Å². The lowest BCUT2D eigenvalue weighted by Crippen LogP contribution is -2.34. The van der Waals surface area contributed by atoms with Crippen LogP contribution in [0.3, 0.4) is 0 Å². The lowest BCUT2D eigenvalue weighted by Gasteiger charge is -2.23. The average molecular weight is 391 g/mol. The van der Waals surface area contributed by atoms with E-state index in [1.54, 1.807) is 0 Å². The fourth-order valence-electron chi connectivity index (χ4n) is 3.47. The fraction of sp³-hybridized carbons (Fsp3) is 0.550. The van der Waals surface area contributed by atoms with Gasteiger partial charge in [0.1, 0.15) is 17.5 Å². The zero-order valence-corrected chi connectivity index (χ0v) is 16.6. The van der Waals surface area contributed by atoms with Crippen LogP contribution in [0.5, 0.6) is 0 Å². The highest BCUT2D eigenvalue weighted by Gasteiger charge is 2.27. The number of nitrogens with zero attached hydrogens (tertiary/aromatic N) is 4. The van der Waals surface area contributed by atoms with E-state index in [0.29, 0.717) is 44.6 Å². The molecule has 1 aliphatic heterocycles. The van der Waals surface area contributed by atoms with Crippen molar-refractivity contribution in [1.29, 1.82) is 0 Å². The molecule has 0 fully saturated rings. The highest BCUT2D eigenvalue weighted by molar-refractivity contribution is 5.75. The van der Waals surface area contributed by atoms with Crippen molar-refractivity contribution in [2.45, 2.75) is 52.7 Å². The second-order valence-electron chi connectivity index (χ2n) is 7.53. The summed E-state index contributed by atoms with van der Waals surface area (Å²) >= 11 is 0. The first-order chi connectivity index (χ1) is 13.4. The number of carbonyl (C=O) groups excluding carboxylic acids is 1. The molecule has 8 heteroatoms. The van der Waals surface area contributed by atoms with Crippen LogP contribution in [0.1, 0.15) is 50.4 Å². The van der Waals surface area contributed by atoms with Gasteiger partial charge >= 0.3 is 0 Å². The lowest BCUT2D eigenvalue weighted by atomic mass is 10.0. The lowest BCUT2D eigenvalue weighted by molar-refractivity contribution is -0.121. The van der Waals surface area contributed by atoms with Crippen LogP contribution in [-0.4, -0.2) is 38.7 Å². The first-order valence-corrected chi connectivity index (χ1v) is 9.76. The Kier molecular flexibility index (Phi) is 6.39. The maximum atomic E-state index is 14.0. The van der Waals surface area contributed by atoms with Crippen LogP contribution < -0.4 is 5.32 Å². The van der Waals surface area contributed by atoms with E-state index in [9.17, 15) is 13.6 Å². The van der Waals surface area contributed by atoms with E-state index in [0.717, 1.165) is 17.7 Å². The van der Waals surface area contributed by atoms with Crippen molar-refractivity contribution < 1.29 is 13.6 Å². The molecule has 0 radical (unpaired) electrons.